The number of aromatic amines is 1. The minimum absolute atomic E-state index is 0.0821. The van der Waals surface area contributed by atoms with Crippen molar-refractivity contribution in [1.82, 2.24) is 19.8 Å². The Morgan fingerprint density at radius 1 is 1.44 bits per heavy atom. The molecule has 27 heavy (non-hydrogen) atoms. The number of aryl methyl sites for hydroxylation is 2. The first-order valence-electron chi connectivity index (χ1n) is 9.33. The number of thiophene rings is 1. The van der Waals surface area contributed by atoms with Gasteiger partial charge in [0.2, 0.25) is 5.91 Å². The third kappa shape index (κ3) is 4.38. The van der Waals surface area contributed by atoms with Crippen LogP contribution in [0, 0.1) is 13.8 Å². The highest BCUT2D eigenvalue weighted by Gasteiger charge is 2.28. The molecular weight excluding hydrogens is 380 g/mol. The normalized spacial score (nSPS) is 19.0. The average Bonchev–Trinajstić information content (AvgIpc) is 2.93. The van der Waals surface area contributed by atoms with Crippen LogP contribution in [0.3, 0.4) is 0 Å². The molecule has 1 N–H and O–H groups in total. The first-order chi connectivity index (χ1) is 12.8. The fourth-order valence-corrected chi connectivity index (χ4v) is 5.36. The SMILES string of the molecule is Cc1sc2nc(CS[C@H](C)C(=O)N3CCC[C@@H](N(C)C)C3)[nH]c(=O)c2c1C. The van der Waals surface area contributed by atoms with Crippen molar-refractivity contribution in [3.05, 3.63) is 26.6 Å². The molecule has 2 atom stereocenters. The Bertz CT molecular complexity index is 890. The number of hydrogen-bond donors (Lipinski definition) is 1. The lowest BCUT2D eigenvalue weighted by Gasteiger charge is -2.37. The van der Waals surface area contributed by atoms with E-state index in [1.165, 1.54) is 11.8 Å². The zero-order valence-corrected chi connectivity index (χ0v) is 18.3. The predicted molar refractivity (Wildman–Crippen MR) is 114 cm³/mol. The van der Waals surface area contributed by atoms with Gasteiger partial charge >= 0.3 is 0 Å². The van der Waals surface area contributed by atoms with Crippen molar-refractivity contribution in [1.29, 1.82) is 0 Å². The summed E-state index contributed by atoms with van der Waals surface area (Å²) in [6.45, 7) is 7.55. The molecule has 3 heterocycles. The van der Waals surface area contributed by atoms with E-state index in [4.69, 9.17) is 0 Å². The summed E-state index contributed by atoms with van der Waals surface area (Å²) in [6, 6.07) is 0.436. The lowest BCUT2D eigenvalue weighted by atomic mass is 10.0. The summed E-state index contributed by atoms with van der Waals surface area (Å²) in [5.41, 5.74) is 0.924. The molecule has 0 bridgehead atoms. The first-order valence-corrected chi connectivity index (χ1v) is 11.2. The average molecular weight is 409 g/mol. The van der Waals surface area contributed by atoms with Gasteiger partial charge in [0.25, 0.3) is 5.56 Å². The second kappa shape index (κ2) is 8.32. The number of carbonyl (C=O) groups is 1. The van der Waals surface area contributed by atoms with E-state index < -0.39 is 0 Å². The maximum atomic E-state index is 12.8. The number of nitrogens with one attached hydrogen (secondary N) is 1. The molecule has 0 spiro atoms. The summed E-state index contributed by atoms with van der Waals surface area (Å²) in [4.78, 5) is 38.8. The second-order valence-electron chi connectivity index (χ2n) is 7.47. The van der Waals surface area contributed by atoms with Gasteiger partial charge in [-0.3, -0.25) is 9.59 Å². The summed E-state index contributed by atoms with van der Waals surface area (Å²) < 4.78 is 0. The number of rotatable bonds is 5. The molecule has 1 fully saturated rings. The van der Waals surface area contributed by atoms with Crippen molar-refractivity contribution in [2.45, 2.75) is 50.7 Å². The van der Waals surface area contributed by atoms with Gasteiger partial charge in [0.05, 0.1) is 16.4 Å². The van der Waals surface area contributed by atoms with Crippen molar-refractivity contribution >= 4 is 39.2 Å². The number of amides is 1. The van der Waals surface area contributed by atoms with Crippen molar-refractivity contribution < 1.29 is 4.79 Å². The van der Waals surface area contributed by atoms with E-state index in [0.29, 0.717) is 23.0 Å². The van der Waals surface area contributed by atoms with Crippen LogP contribution in [0.5, 0.6) is 0 Å². The maximum absolute atomic E-state index is 12.8. The molecule has 1 aliphatic rings. The van der Waals surface area contributed by atoms with Crippen LogP contribution >= 0.6 is 23.1 Å². The summed E-state index contributed by atoms with van der Waals surface area (Å²) in [6.07, 6.45) is 2.19. The minimum Gasteiger partial charge on any atom is -0.340 e. The molecule has 0 saturated carbocycles. The number of piperidine rings is 1. The number of hydrogen-bond acceptors (Lipinski definition) is 6. The molecule has 0 unspecified atom stereocenters. The van der Waals surface area contributed by atoms with Gasteiger partial charge in [-0.05, 0) is 53.3 Å². The zero-order valence-electron chi connectivity index (χ0n) is 16.7. The molecule has 0 radical (unpaired) electrons. The number of H-pyrrole nitrogens is 1. The number of fused-ring (bicyclic) bond motifs is 1. The molecule has 2 aromatic rings. The van der Waals surface area contributed by atoms with Crippen LogP contribution in [-0.4, -0.2) is 64.2 Å². The summed E-state index contributed by atoms with van der Waals surface area (Å²) in [5, 5.41) is 0.539. The molecule has 0 aromatic carbocycles. The van der Waals surface area contributed by atoms with E-state index in [1.807, 2.05) is 25.7 Å². The van der Waals surface area contributed by atoms with E-state index in [1.54, 1.807) is 11.3 Å². The largest absolute Gasteiger partial charge is 0.340 e. The smallest absolute Gasteiger partial charge is 0.259 e. The Labute approximate surface area is 168 Å². The van der Waals surface area contributed by atoms with E-state index in [0.717, 1.165) is 41.2 Å². The number of thioether (sulfide) groups is 1. The molecule has 148 valence electrons. The molecule has 3 rings (SSSR count). The highest BCUT2D eigenvalue weighted by atomic mass is 32.2. The topological polar surface area (TPSA) is 69.3 Å². The van der Waals surface area contributed by atoms with E-state index in [9.17, 15) is 9.59 Å². The first kappa shape index (κ1) is 20.4. The Kier molecular flexibility index (Phi) is 6.28. The van der Waals surface area contributed by atoms with Crippen LogP contribution in [0.25, 0.3) is 10.2 Å². The summed E-state index contributed by atoms with van der Waals surface area (Å²) in [7, 11) is 4.14. The van der Waals surface area contributed by atoms with Crippen molar-refractivity contribution in [3.63, 3.8) is 0 Å². The van der Waals surface area contributed by atoms with Crippen LogP contribution in [0.4, 0.5) is 0 Å². The number of likely N-dealkylation sites (tertiary alicyclic amines) is 1. The summed E-state index contributed by atoms with van der Waals surface area (Å²) in [5.74, 6) is 1.35. The lowest BCUT2D eigenvalue weighted by Crippen LogP contribution is -2.49. The van der Waals surface area contributed by atoms with Gasteiger partial charge in [0, 0.05) is 24.0 Å². The van der Waals surface area contributed by atoms with E-state index in [2.05, 4.69) is 29.0 Å². The zero-order chi connectivity index (χ0) is 19.7. The minimum atomic E-state index is -0.154. The standard InChI is InChI=1S/C19H28N4O2S2/c1-11-12(2)27-18-16(11)17(24)20-15(21-18)10-26-13(3)19(25)23-8-6-7-14(9-23)22(4)5/h13-14H,6-10H2,1-5H3,(H,20,21,24)/t13-,14-/m1/s1. The van der Waals surface area contributed by atoms with Gasteiger partial charge in [-0.2, -0.15) is 0 Å². The van der Waals surface area contributed by atoms with Crippen LogP contribution in [0.2, 0.25) is 0 Å². The van der Waals surface area contributed by atoms with Crippen molar-refractivity contribution in [2.75, 3.05) is 27.2 Å². The van der Waals surface area contributed by atoms with Gasteiger partial charge < -0.3 is 14.8 Å². The number of nitrogens with zero attached hydrogens (tertiary/aromatic N) is 3. The van der Waals surface area contributed by atoms with E-state index in [-0.39, 0.29) is 16.7 Å². The van der Waals surface area contributed by atoms with Gasteiger partial charge in [-0.25, -0.2) is 4.98 Å². The van der Waals surface area contributed by atoms with Gasteiger partial charge in [0.15, 0.2) is 0 Å². The highest BCUT2D eigenvalue weighted by molar-refractivity contribution is 7.99. The fourth-order valence-electron chi connectivity index (χ4n) is 3.48. The quantitative estimate of drug-likeness (QED) is 0.824. The third-order valence-corrected chi connectivity index (χ3v) is 7.59. The van der Waals surface area contributed by atoms with Gasteiger partial charge in [0.1, 0.15) is 10.7 Å². The molecule has 0 aliphatic carbocycles. The predicted octanol–water partition coefficient (Wildman–Crippen LogP) is 2.78. The number of carbonyl (C=O) groups excluding carboxylic acids is 1. The van der Waals surface area contributed by atoms with E-state index >= 15 is 0 Å². The van der Waals surface area contributed by atoms with Crippen molar-refractivity contribution in [2.24, 2.45) is 0 Å². The molecule has 2 aromatic heterocycles. The number of aromatic nitrogens is 2. The molecule has 1 aliphatic heterocycles. The summed E-state index contributed by atoms with van der Waals surface area (Å²) >= 11 is 3.09. The molecular formula is C19H28N4O2S2. The number of likely N-dealkylation sites (N-methyl/N-ethyl adjacent to an activating group) is 1. The highest BCUT2D eigenvalue weighted by Crippen LogP contribution is 2.27. The Morgan fingerprint density at radius 3 is 2.89 bits per heavy atom. The lowest BCUT2D eigenvalue weighted by molar-refractivity contribution is -0.132. The van der Waals surface area contributed by atoms with Crippen molar-refractivity contribution in [3.8, 4) is 0 Å². The molecule has 8 heteroatoms. The van der Waals surface area contributed by atoms with Gasteiger partial charge in [-0.1, -0.05) is 0 Å². The third-order valence-electron chi connectivity index (χ3n) is 5.34. The van der Waals surface area contributed by atoms with Gasteiger partial charge in [-0.15, -0.1) is 23.1 Å². The van der Waals surface area contributed by atoms with Crippen LogP contribution in [0.15, 0.2) is 4.79 Å². The second-order valence-corrected chi connectivity index (χ2v) is 10.0. The molecule has 1 saturated heterocycles. The Hall–Kier alpha value is -1.38. The monoisotopic (exact) mass is 408 g/mol. The van der Waals surface area contributed by atoms with Crippen LogP contribution in [0.1, 0.15) is 36.0 Å². The fraction of sp³-hybridized carbons (Fsp3) is 0.632. The Balaban J connectivity index is 1.65. The Morgan fingerprint density at radius 2 is 2.19 bits per heavy atom. The van der Waals surface area contributed by atoms with Crippen LogP contribution < -0.4 is 5.56 Å². The molecule has 6 nitrogen and oxygen atoms in total. The molecule has 1 amide bonds. The van der Waals surface area contributed by atoms with Crippen LogP contribution in [-0.2, 0) is 10.5 Å². The maximum Gasteiger partial charge on any atom is 0.259 e.